The Hall–Kier alpha value is -2.82. The zero-order valence-electron chi connectivity index (χ0n) is 16.7. The summed E-state index contributed by atoms with van der Waals surface area (Å²) >= 11 is 0. The molecule has 0 fully saturated rings. The molecule has 4 heterocycles. The Kier molecular flexibility index (Phi) is 3.98. The molecule has 5 heteroatoms. The van der Waals surface area contributed by atoms with E-state index in [-0.39, 0.29) is 5.41 Å². The van der Waals surface area contributed by atoms with Gasteiger partial charge in [-0.3, -0.25) is 0 Å². The Labute approximate surface area is 159 Å². The van der Waals surface area contributed by atoms with E-state index in [4.69, 9.17) is 5.73 Å². The van der Waals surface area contributed by atoms with E-state index in [0.717, 1.165) is 17.4 Å². The smallest absolute Gasteiger partial charge is 0.193 e. The fourth-order valence-corrected chi connectivity index (χ4v) is 3.90. The first kappa shape index (κ1) is 17.6. The first-order valence-electron chi connectivity index (χ1n) is 9.45. The van der Waals surface area contributed by atoms with Crippen molar-refractivity contribution in [1.29, 1.82) is 0 Å². The molecule has 1 unspecified atom stereocenters. The van der Waals surface area contributed by atoms with Crippen molar-refractivity contribution in [1.82, 2.24) is 14.5 Å². The van der Waals surface area contributed by atoms with Crippen LogP contribution in [-0.2, 0) is 19.0 Å². The van der Waals surface area contributed by atoms with E-state index < -0.39 is 0 Å². The number of aryl methyl sites for hydroxylation is 1. The molecule has 3 N–H and O–H groups in total. The monoisotopic (exact) mass is 362 g/mol. The molecule has 0 aromatic carbocycles. The number of anilines is 1. The number of hydrogen-bond donors (Lipinski definition) is 2. The van der Waals surface area contributed by atoms with E-state index in [1.54, 1.807) is 6.20 Å². The predicted octanol–water partition coefficient (Wildman–Crippen LogP) is 4.03. The number of pyridine rings is 2. The second-order valence-electron chi connectivity index (χ2n) is 8.64. The number of nitrogens with one attached hydrogen (secondary N) is 1. The Morgan fingerprint density at radius 3 is 2.74 bits per heavy atom. The van der Waals surface area contributed by atoms with Crippen molar-refractivity contribution in [3.8, 4) is 0 Å². The average Bonchev–Trinajstić information content (AvgIpc) is 3.16. The number of H-pyrrole nitrogens is 1. The van der Waals surface area contributed by atoms with Gasteiger partial charge in [-0.25, -0.2) is 9.55 Å². The van der Waals surface area contributed by atoms with Crippen LogP contribution in [0, 0.1) is 0 Å². The zero-order valence-corrected chi connectivity index (χ0v) is 16.7. The second-order valence-corrected chi connectivity index (χ2v) is 8.64. The van der Waals surface area contributed by atoms with Crippen LogP contribution >= 0.6 is 0 Å². The molecule has 4 rings (SSSR count). The molecule has 0 spiro atoms. The highest BCUT2D eigenvalue weighted by Crippen LogP contribution is 2.28. The molecule has 4 aromatic rings. The molecule has 0 saturated carbocycles. The lowest BCUT2D eigenvalue weighted by Crippen LogP contribution is -2.35. The molecule has 1 atom stereocenters. The minimum Gasteiger partial charge on any atom is -0.384 e. The molecule has 0 aliphatic carbocycles. The number of nitrogen functional groups attached to an aromatic ring is 1. The summed E-state index contributed by atoms with van der Waals surface area (Å²) in [5.41, 5.74) is 10.8. The first-order chi connectivity index (χ1) is 12.7. The number of nitrogens with zero attached hydrogens (tertiary/aromatic N) is 3. The highest BCUT2D eigenvalue weighted by Gasteiger charge is 2.21. The standard InChI is InChI=1S/C22H28N5/c1-14(17-8-16-10-21(23)24-11-18(16)25-17)12-27-7-6-15-9-20(22(2,3)4)26(5)19(15)13-27/h6-11,13-14,25H,12H2,1-5H3,(H2,23,24)/q+1. The van der Waals surface area contributed by atoms with Crippen LogP contribution in [0.2, 0.25) is 0 Å². The van der Waals surface area contributed by atoms with Gasteiger partial charge in [0.1, 0.15) is 11.3 Å². The normalized spacial score (nSPS) is 13.5. The summed E-state index contributed by atoms with van der Waals surface area (Å²) in [6.45, 7) is 9.92. The van der Waals surface area contributed by atoms with Crippen LogP contribution in [0.25, 0.3) is 21.8 Å². The lowest BCUT2D eigenvalue weighted by Gasteiger charge is -2.19. The van der Waals surface area contributed by atoms with Crippen molar-refractivity contribution >= 4 is 27.6 Å². The maximum absolute atomic E-state index is 5.80. The van der Waals surface area contributed by atoms with Crippen molar-refractivity contribution in [3.05, 3.63) is 54.2 Å². The number of hydrogen-bond acceptors (Lipinski definition) is 2. The molecule has 27 heavy (non-hydrogen) atoms. The topological polar surface area (TPSA) is 63.5 Å². The van der Waals surface area contributed by atoms with Gasteiger partial charge in [0, 0.05) is 40.7 Å². The summed E-state index contributed by atoms with van der Waals surface area (Å²) in [7, 11) is 2.16. The van der Waals surface area contributed by atoms with Crippen molar-refractivity contribution in [3.63, 3.8) is 0 Å². The van der Waals surface area contributed by atoms with Gasteiger partial charge < -0.3 is 15.3 Å². The maximum Gasteiger partial charge on any atom is 0.193 e. The Morgan fingerprint density at radius 2 is 2.00 bits per heavy atom. The van der Waals surface area contributed by atoms with E-state index in [9.17, 15) is 0 Å². The van der Waals surface area contributed by atoms with Crippen LogP contribution in [0.1, 0.15) is 45.0 Å². The molecule has 0 saturated heterocycles. The SMILES string of the molecule is CC(C[n+]1ccc2cc(C(C)(C)C)n(C)c2c1)c1cc2cc(N)ncc2[nH]1. The summed E-state index contributed by atoms with van der Waals surface area (Å²) in [5, 5.41) is 2.40. The molecule has 0 amide bonds. The first-order valence-corrected chi connectivity index (χ1v) is 9.45. The van der Waals surface area contributed by atoms with Crippen molar-refractivity contribution in [2.45, 2.75) is 45.6 Å². The molecule has 4 aromatic heterocycles. The molecule has 140 valence electrons. The number of rotatable bonds is 3. The van der Waals surface area contributed by atoms with Crippen molar-refractivity contribution < 1.29 is 4.57 Å². The molecule has 0 aliphatic rings. The molecular weight excluding hydrogens is 334 g/mol. The zero-order chi connectivity index (χ0) is 19.3. The minimum atomic E-state index is 0.131. The van der Waals surface area contributed by atoms with Gasteiger partial charge in [0.2, 0.25) is 0 Å². The average molecular weight is 363 g/mol. The second kappa shape index (κ2) is 6.12. The Morgan fingerprint density at radius 1 is 1.22 bits per heavy atom. The van der Waals surface area contributed by atoms with E-state index in [0.29, 0.717) is 11.7 Å². The third-order valence-corrected chi connectivity index (χ3v) is 5.38. The highest BCUT2D eigenvalue weighted by molar-refractivity contribution is 5.82. The van der Waals surface area contributed by atoms with Crippen molar-refractivity contribution in [2.75, 3.05) is 5.73 Å². The van der Waals surface area contributed by atoms with Gasteiger partial charge in [-0.1, -0.05) is 27.7 Å². The third-order valence-electron chi connectivity index (χ3n) is 5.38. The van der Waals surface area contributed by atoms with Crippen LogP contribution in [0.3, 0.4) is 0 Å². The van der Waals surface area contributed by atoms with Gasteiger partial charge >= 0.3 is 0 Å². The van der Waals surface area contributed by atoms with Crippen LogP contribution in [0.5, 0.6) is 0 Å². The third kappa shape index (κ3) is 3.18. The molecule has 5 nitrogen and oxygen atoms in total. The van der Waals surface area contributed by atoms with Crippen LogP contribution in [0.15, 0.2) is 42.9 Å². The molecule has 0 radical (unpaired) electrons. The largest absolute Gasteiger partial charge is 0.384 e. The summed E-state index contributed by atoms with van der Waals surface area (Å²) in [5.74, 6) is 0.905. The van der Waals surface area contributed by atoms with Crippen molar-refractivity contribution in [2.24, 2.45) is 7.05 Å². The molecular formula is C22H28N5+. The molecule has 0 bridgehead atoms. The summed E-state index contributed by atoms with van der Waals surface area (Å²) < 4.78 is 4.59. The number of aromatic amines is 1. The van der Waals surface area contributed by atoms with Gasteiger partial charge in [0.15, 0.2) is 18.9 Å². The van der Waals surface area contributed by atoms with Gasteiger partial charge in [-0.15, -0.1) is 0 Å². The lowest BCUT2D eigenvalue weighted by atomic mass is 9.92. The van der Waals surface area contributed by atoms with E-state index in [1.165, 1.54) is 22.3 Å². The quantitative estimate of drug-likeness (QED) is 0.541. The lowest BCUT2D eigenvalue weighted by molar-refractivity contribution is -0.698. The summed E-state index contributed by atoms with van der Waals surface area (Å²) in [4.78, 5) is 7.65. The van der Waals surface area contributed by atoms with Gasteiger partial charge in [-0.2, -0.15) is 0 Å². The van der Waals surface area contributed by atoms with E-state index >= 15 is 0 Å². The maximum atomic E-state index is 5.80. The Balaban J connectivity index is 1.64. The van der Waals surface area contributed by atoms with Gasteiger partial charge in [0.05, 0.1) is 17.6 Å². The number of fused-ring (bicyclic) bond motifs is 2. The molecule has 0 aliphatic heterocycles. The van der Waals surface area contributed by atoms with Crippen LogP contribution in [0.4, 0.5) is 5.82 Å². The van der Waals surface area contributed by atoms with E-state index in [1.807, 2.05) is 6.07 Å². The summed E-state index contributed by atoms with van der Waals surface area (Å²) in [6.07, 6.45) is 6.23. The number of aromatic nitrogens is 4. The predicted molar refractivity (Wildman–Crippen MR) is 111 cm³/mol. The number of nitrogens with two attached hydrogens (primary N) is 1. The Bertz CT molecular complexity index is 1130. The van der Waals surface area contributed by atoms with E-state index in [2.05, 4.69) is 84.4 Å². The fourth-order valence-electron chi connectivity index (χ4n) is 3.90. The van der Waals surface area contributed by atoms with Crippen LogP contribution in [-0.4, -0.2) is 14.5 Å². The van der Waals surface area contributed by atoms with Crippen LogP contribution < -0.4 is 10.3 Å². The highest BCUT2D eigenvalue weighted by atomic mass is 15.0. The minimum absolute atomic E-state index is 0.131. The van der Waals surface area contributed by atoms with Gasteiger partial charge in [0.25, 0.3) is 0 Å². The fraction of sp³-hybridized carbons (Fsp3) is 0.364. The summed E-state index contributed by atoms with van der Waals surface area (Å²) in [6, 6.07) is 8.61. The van der Waals surface area contributed by atoms with Gasteiger partial charge in [-0.05, 0) is 18.2 Å².